The second-order valence-electron chi connectivity index (χ2n) is 4.48. The van der Waals surface area contributed by atoms with Crippen LogP contribution < -0.4 is 4.84 Å². The Morgan fingerprint density at radius 3 is 2.05 bits per heavy atom. The molecule has 0 saturated carbocycles. The van der Waals surface area contributed by atoms with Gasteiger partial charge >= 0.3 is 0 Å². The quantitative estimate of drug-likeness (QED) is 0.727. The van der Waals surface area contributed by atoms with E-state index in [1.54, 1.807) is 0 Å². The SMILES string of the molecule is CCc1ccccc1CN(CC)Oc1ccccc1.Cl. The van der Waals surface area contributed by atoms with Crippen LogP contribution >= 0.6 is 12.4 Å². The molecule has 0 atom stereocenters. The summed E-state index contributed by atoms with van der Waals surface area (Å²) >= 11 is 0. The van der Waals surface area contributed by atoms with E-state index >= 15 is 0 Å². The minimum absolute atomic E-state index is 0. The normalized spacial score (nSPS) is 10.2. The van der Waals surface area contributed by atoms with E-state index in [1.165, 1.54) is 11.1 Å². The first kappa shape index (κ1) is 16.5. The van der Waals surface area contributed by atoms with Gasteiger partial charge in [0, 0.05) is 6.54 Å². The van der Waals surface area contributed by atoms with Crippen molar-refractivity contribution in [1.82, 2.24) is 5.06 Å². The molecule has 0 aromatic heterocycles. The Hall–Kier alpha value is -1.51. The largest absolute Gasteiger partial charge is 0.406 e. The summed E-state index contributed by atoms with van der Waals surface area (Å²) in [6.45, 7) is 5.97. The summed E-state index contributed by atoms with van der Waals surface area (Å²) in [6.07, 6.45) is 1.05. The van der Waals surface area contributed by atoms with Gasteiger partial charge in [0.2, 0.25) is 0 Å². The number of para-hydroxylation sites is 1. The van der Waals surface area contributed by atoms with Gasteiger partial charge in [-0.15, -0.1) is 17.5 Å². The van der Waals surface area contributed by atoms with Crippen LogP contribution in [0.25, 0.3) is 0 Å². The van der Waals surface area contributed by atoms with E-state index < -0.39 is 0 Å². The fourth-order valence-corrected chi connectivity index (χ4v) is 2.09. The molecule has 2 nitrogen and oxygen atoms in total. The molecule has 20 heavy (non-hydrogen) atoms. The third-order valence-corrected chi connectivity index (χ3v) is 3.18. The van der Waals surface area contributed by atoms with Gasteiger partial charge in [-0.1, -0.05) is 49.4 Å². The van der Waals surface area contributed by atoms with Gasteiger partial charge in [-0.25, -0.2) is 0 Å². The van der Waals surface area contributed by atoms with E-state index in [4.69, 9.17) is 4.84 Å². The van der Waals surface area contributed by atoms with Crippen LogP contribution in [0.5, 0.6) is 5.75 Å². The molecule has 108 valence electrons. The molecule has 0 radical (unpaired) electrons. The summed E-state index contributed by atoms with van der Waals surface area (Å²) in [7, 11) is 0. The molecule has 0 aliphatic rings. The van der Waals surface area contributed by atoms with Crippen molar-refractivity contribution >= 4 is 12.4 Å². The van der Waals surface area contributed by atoms with Crippen molar-refractivity contribution in [3.63, 3.8) is 0 Å². The Labute approximate surface area is 127 Å². The molecule has 2 aromatic rings. The van der Waals surface area contributed by atoms with Gasteiger partial charge in [-0.2, -0.15) is 0 Å². The zero-order valence-corrected chi connectivity index (χ0v) is 12.9. The molecule has 3 heteroatoms. The van der Waals surface area contributed by atoms with E-state index in [1.807, 2.05) is 35.4 Å². The van der Waals surface area contributed by atoms with Crippen molar-refractivity contribution in [3.8, 4) is 5.75 Å². The number of halogens is 1. The Kier molecular flexibility index (Phi) is 7.13. The molecule has 0 spiro atoms. The van der Waals surface area contributed by atoms with Gasteiger partial charge in [0.05, 0.1) is 6.54 Å². The number of hydroxylamine groups is 2. The second-order valence-corrected chi connectivity index (χ2v) is 4.48. The lowest BCUT2D eigenvalue weighted by molar-refractivity contribution is -0.0624. The predicted molar refractivity (Wildman–Crippen MR) is 86.2 cm³/mol. The van der Waals surface area contributed by atoms with Crippen LogP contribution in [0.3, 0.4) is 0 Å². The summed E-state index contributed by atoms with van der Waals surface area (Å²) in [6, 6.07) is 18.5. The molecule has 2 aromatic carbocycles. The minimum Gasteiger partial charge on any atom is -0.406 e. The highest BCUT2D eigenvalue weighted by Gasteiger charge is 2.08. The number of benzene rings is 2. The lowest BCUT2D eigenvalue weighted by Crippen LogP contribution is -2.27. The van der Waals surface area contributed by atoms with Crippen LogP contribution in [0.2, 0.25) is 0 Å². The molecule has 0 N–H and O–H groups in total. The van der Waals surface area contributed by atoms with Crippen LogP contribution in [0.1, 0.15) is 25.0 Å². The third kappa shape index (κ3) is 4.55. The standard InChI is InChI=1S/C17H21NO.ClH/c1-3-15-10-8-9-11-16(15)14-18(4-2)19-17-12-6-5-7-13-17;/h5-13H,3-4,14H2,1-2H3;1H. The van der Waals surface area contributed by atoms with E-state index in [9.17, 15) is 0 Å². The number of rotatable bonds is 6. The van der Waals surface area contributed by atoms with Gasteiger partial charge in [-0.3, -0.25) is 0 Å². The molecular weight excluding hydrogens is 270 g/mol. The van der Waals surface area contributed by atoms with E-state index in [0.717, 1.165) is 25.3 Å². The zero-order chi connectivity index (χ0) is 13.5. The first-order valence-electron chi connectivity index (χ1n) is 6.88. The summed E-state index contributed by atoms with van der Waals surface area (Å²) in [5.41, 5.74) is 2.72. The molecule has 0 heterocycles. The third-order valence-electron chi connectivity index (χ3n) is 3.18. The molecule has 0 aliphatic carbocycles. The molecule has 0 aliphatic heterocycles. The lowest BCUT2D eigenvalue weighted by Gasteiger charge is -2.22. The van der Waals surface area contributed by atoms with Gasteiger partial charge in [0.25, 0.3) is 0 Å². The maximum Gasteiger partial charge on any atom is 0.147 e. The fourth-order valence-electron chi connectivity index (χ4n) is 2.09. The van der Waals surface area contributed by atoms with Gasteiger partial charge in [-0.05, 0) is 36.6 Å². The molecule has 0 amide bonds. The Morgan fingerprint density at radius 2 is 1.45 bits per heavy atom. The topological polar surface area (TPSA) is 12.5 Å². The Balaban J connectivity index is 0.00000200. The second kappa shape index (κ2) is 8.62. The number of hydrogen-bond acceptors (Lipinski definition) is 2. The first-order valence-corrected chi connectivity index (χ1v) is 6.88. The van der Waals surface area contributed by atoms with Crippen LogP contribution in [-0.2, 0) is 13.0 Å². The van der Waals surface area contributed by atoms with Gasteiger partial charge < -0.3 is 4.84 Å². The van der Waals surface area contributed by atoms with Gasteiger partial charge in [0.1, 0.15) is 5.75 Å². The van der Waals surface area contributed by atoms with Crippen LogP contribution in [0.15, 0.2) is 54.6 Å². The smallest absolute Gasteiger partial charge is 0.147 e. The average Bonchev–Trinajstić information content (AvgIpc) is 2.48. The van der Waals surface area contributed by atoms with Gasteiger partial charge in [0.15, 0.2) is 0 Å². The lowest BCUT2D eigenvalue weighted by atomic mass is 10.1. The summed E-state index contributed by atoms with van der Waals surface area (Å²) in [5.74, 6) is 0.887. The van der Waals surface area contributed by atoms with Crippen LogP contribution in [-0.4, -0.2) is 11.6 Å². The summed E-state index contributed by atoms with van der Waals surface area (Å²) in [5, 5.41) is 1.99. The minimum atomic E-state index is 0. The van der Waals surface area contributed by atoms with Crippen LogP contribution in [0.4, 0.5) is 0 Å². The molecule has 0 unspecified atom stereocenters. The molecule has 0 saturated heterocycles. The molecule has 2 rings (SSSR count). The summed E-state index contributed by atoms with van der Waals surface area (Å²) in [4.78, 5) is 5.90. The highest BCUT2D eigenvalue weighted by molar-refractivity contribution is 5.85. The Morgan fingerprint density at radius 1 is 0.850 bits per heavy atom. The average molecular weight is 292 g/mol. The molecule has 0 fully saturated rings. The number of hydrogen-bond donors (Lipinski definition) is 0. The maximum absolute atomic E-state index is 5.90. The molecule has 0 bridgehead atoms. The van der Waals surface area contributed by atoms with Crippen molar-refractivity contribution in [2.45, 2.75) is 26.8 Å². The number of nitrogens with zero attached hydrogens (tertiary/aromatic N) is 1. The van der Waals surface area contributed by atoms with E-state index in [0.29, 0.717) is 0 Å². The predicted octanol–water partition coefficient (Wildman–Crippen LogP) is 4.49. The maximum atomic E-state index is 5.90. The van der Waals surface area contributed by atoms with E-state index in [2.05, 4.69) is 38.1 Å². The van der Waals surface area contributed by atoms with Crippen molar-refractivity contribution in [3.05, 3.63) is 65.7 Å². The Bertz CT molecular complexity index is 501. The first-order chi connectivity index (χ1) is 9.33. The van der Waals surface area contributed by atoms with Crippen LogP contribution in [0, 0.1) is 0 Å². The highest BCUT2D eigenvalue weighted by atomic mass is 35.5. The van der Waals surface area contributed by atoms with Crippen molar-refractivity contribution in [1.29, 1.82) is 0 Å². The summed E-state index contributed by atoms with van der Waals surface area (Å²) < 4.78 is 0. The molecular formula is C17H22ClNO. The van der Waals surface area contributed by atoms with Crippen molar-refractivity contribution in [2.75, 3.05) is 6.54 Å². The fraction of sp³-hybridized carbons (Fsp3) is 0.294. The van der Waals surface area contributed by atoms with Crippen molar-refractivity contribution < 1.29 is 4.84 Å². The monoisotopic (exact) mass is 291 g/mol. The van der Waals surface area contributed by atoms with E-state index in [-0.39, 0.29) is 12.4 Å². The number of aryl methyl sites for hydroxylation is 1. The zero-order valence-electron chi connectivity index (χ0n) is 12.1. The van der Waals surface area contributed by atoms with Crippen molar-refractivity contribution in [2.24, 2.45) is 0 Å². The highest BCUT2D eigenvalue weighted by Crippen LogP contribution is 2.15.